The molecule has 2 aromatic carbocycles. The average Bonchev–Trinajstić information content (AvgIpc) is 3.01. The number of rotatable bonds is 8. The highest BCUT2D eigenvalue weighted by Crippen LogP contribution is 2.27. The summed E-state index contributed by atoms with van der Waals surface area (Å²) < 4.78 is 0. The lowest BCUT2D eigenvalue weighted by atomic mass is 9.90. The van der Waals surface area contributed by atoms with Gasteiger partial charge in [0.15, 0.2) is 0 Å². The fourth-order valence-corrected chi connectivity index (χ4v) is 4.16. The number of nitrogens with zero attached hydrogens (tertiary/aromatic N) is 3. The highest BCUT2D eigenvalue weighted by Gasteiger charge is 2.36. The van der Waals surface area contributed by atoms with E-state index in [1.54, 1.807) is 4.90 Å². The predicted octanol–water partition coefficient (Wildman–Crippen LogP) is 2.35. The number of hydrogen-bond donors (Lipinski definition) is 2. The van der Waals surface area contributed by atoms with Gasteiger partial charge in [0.1, 0.15) is 0 Å². The predicted molar refractivity (Wildman–Crippen MR) is 127 cm³/mol. The monoisotopic (exact) mass is 468 g/mol. The molecule has 0 bridgehead atoms. The Hall–Kier alpha value is -3.43. The molecule has 2 atom stereocenters. The SMILES string of the molecule is CON(C)C(=O)C[C@@H]1N[C@@H](N(C)C(=O)O)CCN(CC(c2ccccc2)c2ccccc2)C1=O. The van der Waals surface area contributed by atoms with Crippen molar-refractivity contribution < 1.29 is 24.3 Å². The van der Waals surface area contributed by atoms with Gasteiger partial charge < -0.3 is 10.0 Å². The van der Waals surface area contributed by atoms with E-state index in [0.717, 1.165) is 21.1 Å². The molecule has 3 rings (SSSR count). The van der Waals surface area contributed by atoms with Gasteiger partial charge in [-0.2, -0.15) is 0 Å². The molecule has 1 heterocycles. The normalized spacial score (nSPS) is 18.5. The molecular weight excluding hydrogens is 436 g/mol. The zero-order valence-corrected chi connectivity index (χ0v) is 19.8. The molecule has 0 saturated carbocycles. The van der Waals surface area contributed by atoms with Crippen LogP contribution in [0.25, 0.3) is 0 Å². The molecule has 182 valence electrons. The molecule has 34 heavy (non-hydrogen) atoms. The molecule has 1 saturated heterocycles. The van der Waals surface area contributed by atoms with Gasteiger partial charge in [-0.15, -0.1) is 0 Å². The van der Waals surface area contributed by atoms with Gasteiger partial charge in [0, 0.05) is 33.1 Å². The Morgan fingerprint density at radius 2 is 1.65 bits per heavy atom. The van der Waals surface area contributed by atoms with E-state index >= 15 is 0 Å². The summed E-state index contributed by atoms with van der Waals surface area (Å²) in [5.74, 6) is -0.691. The van der Waals surface area contributed by atoms with E-state index in [0.29, 0.717) is 19.5 Å². The third-order valence-electron chi connectivity index (χ3n) is 6.26. The molecule has 1 aliphatic rings. The number of carbonyl (C=O) groups is 3. The van der Waals surface area contributed by atoms with Crippen LogP contribution >= 0.6 is 0 Å². The van der Waals surface area contributed by atoms with Gasteiger partial charge in [0.2, 0.25) is 11.8 Å². The van der Waals surface area contributed by atoms with Crippen molar-refractivity contribution >= 4 is 17.9 Å². The van der Waals surface area contributed by atoms with E-state index < -0.39 is 18.3 Å². The van der Waals surface area contributed by atoms with Crippen molar-refractivity contribution in [2.75, 3.05) is 34.3 Å². The molecule has 1 aliphatic heterocycles. The second kappa shape index (κ2) is 11.6. The summed E-state index contributed by atoms with van der Waals surface area (Å²) in [6.07, 6.45) is -1.46. The summed E-state index contributed by atoms with van der Waals surface area (Å²) in [5.41, 5.74) is 2.15. The zero-order chi connectivity index (χ0) is 24.7. The Bertz CT molecular complexity index is 932. The van der Waals surface area contributed by atoms with Crippen LogP contribution in [0.4, 0.5) is 4.79 Å². The highest BCUT2D eigenvalue weighted by atomic mass is 16.7. The number of benzene rings is 2. The van der Waals surface area contributed by atoms with Gasteiger partial charge in [-0.05, 0) is 17.5 Å². The average molecular weight is 469 g/mol. The first-order valence-electron chi connectivity index (χ1n) is 11.2. The Morgan fingerprint density at radius 3 is 2.15 bits per heavy atom. The quantitative estimate of drug-likeness (QED) is 0.577. The summed E-state index contributed by atoms with van der Waals surface area (Å²) >= 11 is 0. The van der Waals surface area contributed by atoms with Crippen molar-refractivity contribution in [3.8, 4) is 0 Å². The van der Waals surface area contributed by atoms with Gasteiger partial charge in [0.25, 0.3) is 0 Å². The van der Waals surface area contributed by atoms with Crippen LogP contribution < -0.4 is 5.32 Å². The minimum Gasteiger partial charge on any atom is -0.465 e. The molecule has 0 aromatic heterocycles. The number of nitrogens with one attached hydrogen (secondary N) is 1. The first-order valence-corrected chi connectivity index (χ1v) is 11.2. The number of carbonyl (C=O) groups excluding carboxylic acids is 2. The molecule has 2 N–H and O–H groups in total. The lowest BCUT2D eigenvalue weighted by Gasteiger charge is -2.29. The number of amides is 3. The smallest absolute Gasteiger partial charge is 0.408 e. The van der Waals surface area contributed by atoms with Crippen molar-refractivity contribution in [3.05, 3.63) is 71.8 Å². The second-order valence-corrected chi connectivity index (χ2v) is 8.35. The molecule has 0 unspecified atom stereocenters. The van der Waals surface area contributed by atoms with Gasteiger partial charge in [-0.1, -0.05) is 60.7 Å². The Morgan fingerprint density at radius 1 is 1.09 bits per heavy atom. The van der Waals surface area contributed by atoms with Crippen LogP contribution in [0.3, 0.4) is 0 Å². The standard InChI is InChI=1S/C25H32N4O5/c1-27(25(32)33)22-14-15-29(24(31)21(26-22)16-23(30)28(2)34-3)17-20(18-10-6-4-7-11-18)19-12-8-5-9-13-19/h4-13,20-22,26H,14-17H2,1-3H3,(H,32,33)/t21-,22-/m0/s1. The summed E-state index contributed by atoms with van der Waals surface area (Å²) in [6.45, 7) is 0.762. The Kier molecular flexibility index (Phi) is 8.61. The van der Waals surface area contributed by atoms with Gasteiger partial charge in [-0.25, -0.2) is 9.86 Å². The zero-order valence-electron chi connectivity index (χ0n) is 19.8. The van der Waals surface area contributed by atoms with Crippen LogP contribution in [0.1, 0.15) is 29.9 Å². The highest BCUT2D eigenvalue weighted by molar-refractivity contribution is 5.88. The van der Waals surface area contributed by atoms with E-state index in [2.05, 4.69) is 5.32 Å². The number of hydrogen-bond acceptors (Lipinski definition) is 5. The summed E-state index contributed by atoms with van der Waals surface area (Å²) in [6, 6.07) is 19.0. The second-order valence-electron chi connectivity index (χ2n) is 8.35. The van der Waals surface area contributed by atoms with Gasteiger partial charge >= 0.3 is 6.09 Å². The Labute approximate surface area is 199 Å². The molecule has 9 nitrogen and oxygen atoms in total. The van der Waals surface area contributed by atoms with Crippen LogP contribution in [0.15, 0.2) is 60.7 Å². The third kappa shape index (κ3) is 6.12. The fourth-order valence-electron chi connectivity index (χ4n) is 4.16. The molecule has 0 aliphatic carbocycles. The third-order valence-corrected chi connectivity index (χ3v) is 6.26. The maximum Gasteiger partial charge on any atom is 0.408 e. The summed E-state index contributed by atoms with van der Waals surface area (Å²) in [4.78, 5) is 45.6. The van der Waals surface area contributed by atoms with Crippen LogP contribution in [0.2, 0.25) is 0 Å². The minimum atomic E-state index is -1.11. The summed E-state index contributed by atoms with van der Waals surface area (Å²) in [5, 5.41) is 13.6. The van der Waals surface area contributed by atoms with E-state index in [-0.39, 0.29) is 24.2 Å². The van der Waals surface area contributed by atoms with Crippen LogP contribution in [-0.4, -0.2) is 84.4 Å². The lowest BCUT2D eigenvalue weighted by Crippen LogP contribution is -2.53. The first kappa shape index (κ1) is 25.2. The summed E-state index contributed by atoms with van der Waals surface area (Å²) in [7, 11) is 4.30. The molecule has 9 heteroatoms. The van der Waals surface area contributed by atoms with Crippen molar-refractivity contribution in [1.82, 2.24) is 20.2 Å². The largest absolute Gasteiger partial charge is 0.465 e. The lowest BCUT2D eigenvalue weighted by molar-refractivity contribution is -0.170. The molecule has 1 fully saturated rings. The van der Waals surface area contributed by atoms with Gasteiger partial charge in [0.05, 0.1) is 25.7 Å². The van der Waals surface area contributed by atoms with Crippen LogP contribution in [0.5, 0.6) is 0 Å². The van der Waals surface area contributed by atoms with Crippen LogP contribution in [0, 0.1) is 0 Å². The fraction of sp³-hybridized carbons (Fsp3) is 0.400. The van der Waals surface area contributed by atoms with Crippen molar-refractivity contribution in [2.45, 2.75) is 31.0 Å². The number of hydroxylamine groups is 2. The molecule has 0 spiro atoms. The van der Waals surface area contributed by atoms with E-state index in [1.807, 2.05) is 60.7 Å². The van der Waals surface area contributed by atoms with Gasteiger partial charge in [-0.3, -0.25) is 24.6 Å². The molecular formula is C25H32N4O5. The molecule has 0 radical (unpaired) electrons. The van der Waals surface area contributed by atoms with Crippen molar-refractivity contribution in [3.63, 3.8) is 0 Å². The number of carboxylic acid groups (broad SMARTS) is 1. The molecule has 3 amide bonds. The van der Waals surface area contributed by atoms with E-state index in [9.17, 15) is 19.5 Å². The van der Waals surface area contributed by atoms with Crippen molar-refractivity contribution in [1.29, 1.82) is 0 Å². The van der Waals surface area contributed by atoms with E-state index in [4.69, 9.17) is 4.84 Å². The first-order chi connectivity index (χ1) is 16.3. The topological polar surface area (TPSA) is 102 Å². The van der Waals surface area contributed by atoms with Crippen LogP contribution in [-0.2, 0) is 14.4 Å². The van der Waals surface area contributed by atoms with E-state index in [1.165, 1.54) is 21.2 Å². The molecule has 2 aromatic rings. The minimum absolute atomic E-state index is 0.0712. The maximum atomic E-state index is 13.6. The maximum absolute atomic E-state index is 13.6. The Balaban J connectivity index is 1.90. The van der Waals surface area contributed by atoms with Crippen molar-refractivity contribution in [2.24, 2.45) is 0 Å².